The highest BCUT2D eigenvalue weighted by molar-refractivity contribution is 5.87. The minimum Gasteiger partial charge on any atom is -0.464 e. The van der Waals surface area contributed by atoms with Crippen LogP contribution < -0.4 is 10.2 Å². The van der Waals surface area contributed by atoms with Crippen LogP contribution in [0.2, 0.25) is 0 Å². The number of hydrogen-bond acceptors (Lipinski definition) is 5. The van der Waals surface area contributed by atoms with Crippen LogP contribution >= 0.6 is 0 Å². The minimum absolute atomic E-state index is 0.0423. The molecular formula is C20H23N3O4. The summed E-state index contributed by atoms with van der Waals surface area (Å²) < 4.78 is 10.1. The summed E-state index contributed by atoms with van der Waals surface area (Å²) in [7, 11) is 1.37. The number of carbonyl (C=O) groups is 2. The zero-order valence-corrected chi connectivity index (χ0v) is 15.2. The average molecular weight is 369 g/mol. The molecule has 2 aliphatic rings. The number of rotatable bonds is 5. The molecule has 0 aliphatic carbocycles. The fourth-order valence-electron chi connectivity index (χ4n) is 3.98. The Bertz CT molecular complexity index is 847. The van der Waals surface area contributed by atoms with Gasteiger partial charge in [-0.05, 0) is 30.2 Å². The second-order valence-corrected chi connectivity index (χ2v) is 7.04. The van der Waals surface area contributed by atoms with Crippen LogP contribution in [0.15, 0.2) is 36.4 Å². The lowest BCUT2D eigenvalue weighted by Gasteiger charge is -2.26. The molecule has 0 spiro atoms. The quantitative estimate of drug-likeness (QED) is 0.786. The van der Waals surface area contributed by atoms with Crippen molar-refractivity contribution in [1.29, 1.82) is 0 Å². The van der Waals surface area contributed by atoms with Crippen LogP contribution in [0.4, 0.5) is 5.69 Å². The SMILES string of the molecule is COC(=O)c1ccc(CN2C[C@H](C[C@H]3COCC(=O)N3)c3ccccc32)[nH]1. The zero-order valence-electron chi connectivity index (χ0n) is 15.2. The lowest BCUT2D eigenvalue weighted by Crippen LogP contribution is -2.46. The second-order valence-electron chi connectivity index (χ2n) is 7.04. The molecule has 27 heavy (non-hydrogen) atoms. The predicted molar refractivity (Wildman–Crippen MR) is 99.7 cm³/mol. The Morgan fingerprint density at radius 2 is 2.15 bits per heavy atom. The molecule has 1 fully saturated rings. The van der Waals surface area contributed by atoms with E-state index in [9.17, 15) is 9.59 Å². The van der Waals surface area contributed by atoms with Gasteiger partial charge in [0.1, 0.15) is 12.3 Å². The number of nitrogens with zero attached hydrogens (tertiary/aromatic N) is 1. The normalized spacial score (nSPS) is 21.7. The number of aromatic nitrogens is 1. The summed E-state index contributed by atoms with van der Waals surface area (Å²) >= 11 is 0. The topological polar surface area (TPSA) is 83.7 Å². The molecule has 142 valence electrons. The van der Waals surface area contributed by atoms with E-state index >= 15 is 0 Å². The Labute approximate surface area is 157 Å². The van der Waals surface area contributed by atoms with Gasteiger partial charge in [-0.3, -0.25) is 4.79 Å². The first-order valence-electron chi connectivity index (χ1n) is 9.11. The van der Waals surface area contributed by atoms with Gasteiger partial charge in [0.25, 0.3) is 0 Å². The van der Waals surface area contributed by atoms with Crippen molar-refractivity contribution in [2.24, 2.45) is 0 Å². The van der Waals surface area contributed by atoms with E-state index in [0.29, 0.717) is 24.8 Å². The summed E-state index contributed by atoms with van der Waals surface area (Å²) in [4.78, 5) is 28.7. The highest BCUT2D eigenvalue weighted by Crippen LogP contribution is 2.39. The maximum atomic E-state index is 11.6. The number of benzene rings is 1. The summed E-state index contributed by atoms with van der Waals surface area (Å²) in [5, 5.41) is 3.02. The molecule has 0 bridgehead atoms. The van der Waals surface area contributed by atoms with Crippen LogP contribution in [0.3, 0.4) is 0 Å². The van der Waals surface area contributed by atoms with E-state index in [2.05, 4.69) is 33.4 Å². The number of ether oxygens (including phenoxy) is 2. The fourth-order valence-corrected chi connectivity index (χ4v) is 3.98. The van der Waals surface area contributed by atoms with Gasteiger partial charge in [0, 0.05) is 23.8 Å². The Kier molecular flexibility index (Phi) is 4.85. The van der Waals surface area contributed by atoms with Crippen molar-refractivity contribution in [3.05, 3.63) is 53.3 Å². The van der Waals surface area contributed by atoms with E-state index in [1.807, 2.05) is 12.1 Å². The van der Waals surface area contributed by atoms with E-state index in [4.69, 9.17) is 9.47 Å². The summed E-state index contributed by atoms with van der Waals surface area (Å²) in [5.74, 6) is -0.0895. The molecule has 0 unspecified atom stereocenters. The third kappa shape index (κ3) is 3.68. The number of para-hydroxylation sites is 1. The molecule has 3 heterocycles. The molecule has 1 amide bonds. The van der Waals surface area contributed by atoms with E-state index in [1.165, 1.54) is 18.4 Å². The number of morpholine rings is 1. The van der Waals surface area contributed by atoms with Crippen LogP contribution in [0.1, 0.15) is 34.1 Å². The Balaban J connectivity index is 1.49. The van der Waals surface area contributed by atoms with Crippen molar-refractivity contribution in [2.75, 3.05) is 31.8 Å². The highest BCUT2D eigenvalue weighted by atomic mass is 16.5. The Morgan fingerprint density at radius 1 is 1.30 bits per heavy atom. The first-order chi connectivity index (χ1) is 13.1. The summed E-state index contributed by atoms with van der Waals surface area (Å²) in [6, 6.07) is 12.1. The number of esters is 1. The van der Waals surface area contributed by atoms with Crippen LogP contribution in [0.25, 0.3) is 0 Å². The number of amides is 1. The van der Waals surface area contributed by atoms with E-state index in [1.54, 1.807) is 6.07 Å². The summed E-state index contributed by atoms with van der Waals surface area (Å²) in [5.41, 5.74) is 3.90. The van der Waals surface area contributed by atoms with Gasteiger partial charge in [-0.25, -0.2) is 4.79 Å². The maximum Gasteiger partial charge on any atom is 0.354 e. The number of anilines is 1. The molecule has 7 heteroatoms. The zero-order chi connectivity index (χ0) is 18.8. The lowest BCUT2D eigenvalue weighted by molar-refractivity contribution is -0.131. The predicted octanol–water partition coefficient (Wildman–Crippen LogP) is 1.81. The standard InChI is InChI=1S/C20H23N3O4/c1-26-20(25)17-7-6-14(21-17)10-23-9-13(16-4-2-3-5-18(16)23)8-15-11-27-12-19(24)22-15/h2-7,13,15,21H,8-12H2,1H3,(H,22,24)/t13-,15-/m0/s1. The third-order valence-corrected chi connectivity index (χ3v) is 5.16. The monoisotopic (exact) mass is 369 g/mol. The lowest BCUT2D eigenvalue weighted by atomic mass is 9.94. The number of aromatic amines is 1. The first-order valence-corrected chi connectivity index (χ1v) is 9.11. The van der Waals surface area contributed by atoms with Gasteiger partial charge in [-0.2, -0.15) is 0 Å². The number of methoxy groups -OCH3 is 1. The van der Waals surface area contributed by atoms with Crippen molar-refractivity contribution >= 4 is 17.6 Å². The van der Waals surface area contributed by atoms with E-state index < -0.39 is 0 Å². The first kappa shape index (κ1) is 17.6. The van der Waals surface area contributed by atoms with E-state index in [0.717, 1.165) is 18.7 Å². The number of fused-ring (bicyclic) bond motifs is 1. The number of carbonyl (C=O) groups excluding carboxylic acids is 2. The fraction of sp³-hybridized carbons (Fsp3) is 0.400. The molecule has 2 atom stereocenters. The molecule has 0 radical (unpaired) electrons. The van der Waals surface area contributed by atoms with Crippen LogP contribution in [-0.2, 0) is 20.8 Å². The van der Waals surface area contributed by atoms with Crippen molar-refractivity contribution in [3.63, 3.8) is 0 Å². The van der Waals surface area contributed by atoms with Gasteiger partial charge in [-0.15, -0.1) is 0 Å². The van der Waals surface area contributed by atoms with Crippen LogP contribution in [0.5, 0.6) is 0 Å². The van der Waals surface area contributed by atoms with Crippen LogP contribution in [-0.4, -0.2) is 49.8 Å². The van der Waals surface area contributed by atoms with E-state index in [-0.39, 0.29) is 24.5 Å². The smallest absolute Gasteiger partial charge is 0.354 e. The molecule has 0 saturated carbocycles. The number of hydrogen-bond donors (Lipinski definition) is 2. The van der Waals surface area contributed by atoms with Crippen molar-refractivity contribution in [1.82, 2.24) is 10.3 Å². The van der Waals surface area contributed by atoms with Crippen molar-refractivity contribution in [3.8, 4) is 0 Å². The Hall–Kier alpha value is -2.80. The van der Waals surface area contributed by atoms with Gasteiger partial charge in [0.15, 0.2) is 0 Å². The molecule has 1 aromatic carbocycles. The molecule has 2 aliphatic heterocycles. The third-order valence-electron chi connectivity index (χ3n) is 5.16. The molecule has 2 aromatic rings. The van der Waals surface area contributed by atoms with Gasteiger partial charge in [0.05, 0.1) is 26.3 Å². The van der Waals surface area contributed by atoms with Gasteiger partial charge >= 0.3 is 5.97 Å². The largest absolute Gasteiger partial charge is 0.464 e. The summed E-state index contributed by atoms with van der Waals surface area (Å²) in [6.45, 7) is 2.25. The molecule has 2 N–H and O–H groups in total. The van der Waals surface area contributed by atoms with Crippen molar-refractivity contribution < 1.29 is 19.1 Å². The Morgan fingerprint density at radius 3 is 2.96 bits per heavy atom. The highest BCUT2D eigenvalue weighted by Gasteiger charge is 2.32. The molecule has 4 rings (SSSR count). The van der Waals surface area contributed by atoms with Crippen LogP contribution in [0, 0.1) is 0 Å². The van der Waals surface area contributed by atoms with Gasteiger partial charge in [0.2, 0.25) is 5.91 Å². The molecule has 1 aromatic heterocycles. The maximum absolute atomic E-state index is 11.6. The number of H-pyrrole nitrogens is 1. The average Bonchev–Trinajstić information content (AvgIpc) is 3.27. The molecule has 1 saturated heterocycles. The van der Waals surface area contributed by atoms with Gasteiger partial charge < -0.3 is 24.7 Å². The minimum atomic E-state index is -0.367. The molecule has 7 nitrogen and oxygen atoms in total. The second kappa shape index (κ2) is 7.44. The molecular weight excluding hydrogens is 346 g/mol. The summed E-state index contributed by atoms with van der Waals surface area (Å²) in [6.07, 6.45) is 0.845. The number of nitrogens with one attached hydrogen (secondary N) is 2. The van der Waals surface area contributed by atoms with Gasteiger partial charge in [-0.1, -0.05) is 18.2 Å². The van der Waals surface area contributed by atoms with Crippen molar-refractivity contribution in [2.45, 2.75) is 24.9 Å².